The maximum atomic E-state index is 13.8. The number of benzene rings is 2. The van der Waals surface area contributed by atoms with E-state index in [-0.39, 0.29) is 23.7 Å². The molecule has 0 saturated heterocycles. The van der Waals surface area contributed by atoms with Gasteiger partial charge in [-0.25, -0.2) is 9.18 Å². The normalized spacial score (nSPS) is 15.3. The molecule has 1 heterocycles. The summed E-state index contributed by atoms with van der Waals surface area (Å²) in [6, 6.07) is 10.7. The first-order valence-electron chi connectivity index (χ1n) is 8.15. The van der Waals surface area contributed by atoms with Crippen LogP contribution in [0.15, 0.2) is 48.2 Å². The van der Waals surface area contributed by atoms with Crippen LogP contribution in [0.1, 0.15) is 29.8 Å². The van der Waals surface area contributed by atoms with Crippen molar-refractivity contribution in [3.63, 3.8) is 0 Å². The van der Waals surface area contributed by atoms with Crippen LogP contribution in [-0.4, -0.2) is 24.5 Å². The van der Waals surface area contributed by atoms with Crippen LogP contribution in [-0.2, 0) is 9.53 Å². The molecule has 5 nitrogen and oxygen atoms in total. The number of ketones is 1. The minimum absolute atomic E-state index is 0.0284. The second kappa shape index (κ2) is 7.39. The number of carbonyl (C=O) groups excluding carboxylic acids is 2. The highest BCUT2D eigenvalue weighted by Gasteiger charge is 2.28. The lowest BCUT2D eigenvalue weighted by atomic mass is 10.1. The Morgan fingerprint density at radius 3 is 2.77 bits per heavy atom. The Labute approximate surface area is 150 Å². The maximum Gasteiger partial charge on any atom is 0.347 e. The molecular weight excluding hydrogens is 339 g/mol. The predicted molar refractivity (Wildman–Crippen MR) is 92.5 cm³/mol. The fourth-order valence-electron chi connectivity index (χ4n) is 2.49. The third-order valence-electron chi connectivity index (χ3n) is 3.76. The van der Waals surface area contributed by atoms with E-state index in [1.807, 2.05) is 0 Å². The minimum Gasteiger partial charge on any atom is -0.479 e. The third kappa shape index (κ3) is 3.59. The van der Waals surface area contributed by atoms with E-state index in [4.69, 9.17) is 14.2 Å². The van der Waals surface area contributed by atoms with Gasteiger partial charge in [0.25, 0.3) is 0 Å². The number of allylic oxidation sites excluding steroid dienone is 1. The second-order valence-electron chi connectivity index (χ2n) is 5.63. The molecule has 0 fully saturated rings. The van der Waals surface area contributed by atoms with Crippen LogP contribution in [0.5, 0.6) is 11.5 Å². The summed E-state index contributed by atoms with van der Waals surface area (Å²) in [5, 5.41) is 0. The van der Waals surface area contributed by atoms with Gasteiger partial charge in [-0.05, 0) is 38.1 Å². The molecule has 26 heavy (non-hydrogen) atoms. The van der Waals surface area contributed by atoms with E-state index in [2.05, 4.69) is 0 Å². The fraction of sp³-hybridized carbons (Fsp3) is 0.200. The van der Waals surface area contributed by atoms with E-state index >= 15 is 0 Å². The van der Waals surface area contributed by atoms with Gasteiger partial charge in [-0.3, -0.25) is 4.79 Å². The summed E-state index contributed by atoms with van der Waals surface area (Å²) >= 11 is 0. The van der Waals surface area contributed by atoms with Crippen molar-refractivity contribution in [3.8, 4) is 11.5 Å². The Morgan fingerprint density at radius 2 is 2.04 bits per heavy atom. The molecule has 2 aromatic rings. The predicted octanol–water partition coefficient (Wildman–Crippen LogP) is 3.77. The largest absolute Gasteiger partial charge is 0.479 e. The Balaban J connectivity index is 1.80. The SMILES string of the molecule is CCOC(=O)[C@H](C)Oc1ccc2c(c1)OC(=Cc1ccccc1F)C2=O. The van der Waals surface area contributed by atoms with Gasteiger partial charge in [0.1, 0.15) is 17.3 Å². The van der Waals surface area contributed by atoms with Gasteiger partial charge in [0, 0.05) is 11.6 Å². The zero-order valence-electron chi connectivity index (χ0n) is 14.3. The Hall–Kier alpha value is -3.15. The molecule has 0 bridgehead atoms. The minimum atomic E-state index is -0.793. The molecule has 1 aliphatic rings. The van der Waals surface area contributed by atoms with Crippen molar-refractivity contribution >= 4 is 17.8 Å². The van der Waals surface area contributed by atoms with Crippen LogP contribution in [0.2, 0.25) is 0 Å². The summed E-state index contributed by atoms with van der Waals surface area (Å²) in [6.45, 7) is 3.54. The van der Waals surface area contributed by atoms with Crippen molar-refractivity contribution < 1.29 is 28.2 Å². The van der Waals surface area contributed by atoms with Crippen LogP contribution >= 0.6 is 0 Å². The molecule has 3 rings (SSSR count). The molecule has 134 valence electrons. The van der Waals surface area contributed by atoms with E-state index in [1.165, 1.54) is 18.2 Å². The molecule has 0 radical (unpaired) electrons. The van der Waals surface area contributed by atoms with Crippen LogP contribution in [0.4, 0.5) is 4.39 Å². The lowest BCUT2D eigenvalue weighted by Gasteiger charge is -2.13. The number of ether oxygens (including phenoxy) is 3. The standard InChI is InChI=1S/C20H17FO5/c1-3-24-20(23)12(2)25-14-8-9-15-17(11-14)26-18(19(15)22)10-13-6-4-5-7-16(13)21/h4-12H,3H2,1-2H3/t12-/m0/s1. The first kappa shape index (κ1) is 17.7. The monoisotopic (exact) mass is 356 g/mol. The zero-order chi connectivity index (χ0) is 18.7. The molecule has 0 spiro atoms. The molecule has 0 saturated carbocycles. The highest BCUT2D eigenvalue weighted by molar-refractivity contribution is 6.14. The highest BCUT2D eigenvalue weighted by Crippen LogP contribution is 2.35. The first-order valence-corrected chi connectivity index (χ1v) is 8.15. The van der Waals surface area contributed by atoms with Gasteiger partial charge >= 0.3 is 5.97 Å². The first-order chi connectivity index (χ1) is 12.5. The van der Waals surface area contributed by atoms with Crippen LogP contribution < -0.4 is 9.47 Å². The topological polar surface area (TPSA) is 61.8 Å². The van der Waals surface area contributed by atoms with E-state index in [0.29, 0.717) is 17.1 Å². The van der Waals surface area contributed by atoms with E-state index in [1.54, 1.807) is 44.2 Å². The molecule has 6 heteroatoms. The fourth-order valence-corrected chi connectivity index (χ4v) is 2.49. The van der Waals surface area contributed by atoms with Gasteiger partial charge < -0.3 is 14.2 Å². The van der Waals surface area contributed by atoms with Crippen LogP contribution in [0, 0.1) is 5.82 Å². The number of carbonyl (C=O) groups is 2. The van der Waals surface area contributed by atoms with Crippen molar-refractivity contribution in [2.24, 2.45) is 0 Å². The lowest BCUT2D eigenvalue weighted by Crippen LogP contribution is -2.26. The van der Waals surface area contributed by atoms with Crippen LogP contribution in [0.25, 0.3) is 6.08 Å². The quantitative estimate of drug-likeness (QED) is 0.603. The molecule has 0 aromatic heterocycles. The lowest BCUT2D eigenvalue weighted by molar-refractivity contribution is -0.150. The smallest absolute Gasteiger partial charge is 0.347 e. The van der Waals surface area contributed by atoms with Crippen molar-refractivity contribution in [2.45, 2.75) is 20.0 Å². The summed E-state index contributed by atoms with van der Waals surface area (Å²) in [7, 11) is 0. The van der Waals surface area contributed by atoms with Crippen molar-refractivity contribution in [2.75, 3.05) is 6.61 Å². The van der Waals surface area contributed by atoms with Crippen molar-refractivity contribution in [3.05, 3.63) is 65.2 Å². The molecule has 1 aliphatic heterocycles. The summed E-state index contributed by atoms with van der Waals surface area (Å²) in [6.07, 6.45) is 0.568. The number of Topliss-reactive ketones (excluding diaryl/α,β-unsaturated/α-hetero) is 1. The number of rotatable bonds is 5. The molecule has 1 atom stereocenters. The van der Waals surface area contributed by atoms with Gasteiger partial charge in [-0.1, -0.05) is 18.2 Å². The molecule has 0 N–H and O–H groups in total. The summed E-state index contributed by atoms with van der Waals surface area (Å²) in [5.74, 6) is -0.575. The van der Waals surface area contributed by atoms with Crippen LogP contribution in [0.3, 0.4) is 0 Å². The van der Waals surface area contributed by atoms with Gasteiger partial charge in [-0.2, -0.15) is 0 Å². The second-order valence-corrected chi connectivity index (χ2v) is 5.63. The zero-order valence-corrected chi connectivity index (χ0v) is 14.3. The average Bonchev–Trinajstić information content (AvgIpc) is 2.92. The van der Waals surface area contributed by atoms with Crippen molar-refractivity contribution in [1.82, 2.24) is 0 Å². The van der Waals surface area contributed by atoms with E-state index in [0.717, 1.165) is 0 Å². The number of halogens is 1. The maximum absolute atomic E-state index is 13.8. The number of fused-ring (bicyclic) bond motifs is 1. The molecule has 0 unspecified atom stereocenters. The highest BCUT2D eigenvalue weighted by atomic mass is 19.1. The van der Waals surface area contributed by atoms with Gasteiger partial charge in [-0.15, -0.1) is 0 Å². The van der Waals surface area contributed by atoms with E-state index < -0.39 is 17.9 Å². The molecule has 0 aliphatic carbocycles. The van der Waals surface area contributed by atoms with E-state index in [9.17, 15) is 14.0 Å². The Kier molecular flexibility index (Phi) is 5.02. The Morgan fingerprint density at radius 1 is 1.27 bits per heavy atom. The van der Waals surface area contributed by atoms with Gasteiger partial charge in [0.15, 0.2) is 11.9 Å². The number of esters is 1. The number of hydrogen-bond acceptors (Lipinski definition) is 5. The summed E-state index contributed by atoms with van der Waals surface area (Å²) < 4.78 is 29.7. The molecule has 0 amide bonds. The molecular formula is C20H17FO5. The molecule has 2 aromatic carbocycles. The van der Waals surface area contributed by atoms with Gasteiger partial charge in [0.05, 0.1) is 12.2 Å². The van der Waals surface area contributed by atoms with Gasteiger partial charge in [0.2, 0.25) is 5.78 Å². The summed E-state index contributed by atoms with van der Waals surface area (Å²) in [4.78, 5) is 24.1. The average molecular weight is 356 g/mol. The van der Waals surface area contributed by atoms with Crippen molar-refractivity contribution in [1.29, 1.82) is 0 Å². The number of hydrogen-bond donors (Lipinski definition) is 0. The third-order valence-corrected chi connectivity index (χ3v) is 3.76. The Bertz CT molecular complexity index is 888. The summed E-state index contributed by atoms with van der Waals surface area (Å²) in [5.41, 5.74) is 0.611.